The Morgan fingerprint density at radius 1 is 1.12 bits per heavy atom. The number of nitrogens with two attached hydrogens (primary N) is 1. The van der Waals surface area contributed by atoms with Crippen LogP contribution in [0.1, 0.15) is 12.0 Å². The fraction of sp³-hybridized carbons (Fsp3) is 0.278. The van der Waals surface area contributed by atoms with Crippen molar-refractivity contribution in [3.05, 3.63) is 53.8 Å². The Bertz CT molecular complexity index is 929. The number of carbonyl (C=O) groups excluding carboxylic acids is 1. The maximum atomic E-state index is 13.7. The normalized spacial score (nSPS) is 14.7. The number of sulfonamides is 1. The van der Waals surface area contributed by atoms with Crippen LogP contribution in [0.5, 0.6) is 0 Å². The average molecular weight is 377 g/mol. The summed E-state index contributed by atoms with van der Waals surface area (Å²) in [5, 5.41) is 5.08. The summed E-state index contributed by atoms with van der Waals surface area (Å²) in [5.74, 6) is -0.565. The quantitative estimate of drug-likeness (QED) is 0.885. The summed E-state index contributed by atoms with van der Waals surface area (Å²) in [4.78, 5) is 16.4. The highest BCUT2D eigenvalue weighted by molar-refractivity contribution is 7.89. The molecule has 0 fully saturated rings. The Morgan fingerprint density at radius 3 is 2.46 bits per heavy atom. The first kappa shape index (κ1) is 18.3. The number of halogens is 1. The van der Waals surface area contributed by atoms with E-state index in [1.165, 1.54) is 24.3 Å². The van der Waals surface area contributed by atoms with Crippen LogP contribution in [0.2, 0.25) is 0 Å². The van der Waals surface area contributed by atoms with E-state index in [1.807, 2.05) is 11.9 Å². The standard InChI is InChI=1S/C18H20FN3O3S/c1-21-9-2-10-22(17-12-14(19)5-8-16(17)21)18(23)11-13-3-6-15(7-4-13)26(20,24)25/h3-8,12H,2,9-11H2,1H3,(H2,20,24,25). The van der Waals surface area contributed by atoms with Crippen LogP contribution < -0.4 is 14.9 Å². The second-order valence-electron chi connectivity index (χ2n) is 6.32. The van der Waals surface area contributed by atoms with Gasteiger partial charge >= 0.3 is 0 Å². The van der Waals surface area contributed by atoms with Crippen LogP contribution in [-0.2, 0) is 21.2 Å². The van der Waals surface area contributed by atoms with Crippen molar-refractivity contribution in [2.45, 2.75) is 17.7 Å². The third-order valence-corrected chi connectivity index (χ3v) is 5.35. The average Bonchev–Trinajstić information content (AvgIpc) is 2.73. The summed E-state index contributed by atoms with van der Waals surface area (Å²) < 4.78 is 36.4. The highest BCUT2D eigenvalue weighted by atomic mass is 32.2. The van der Waals surface area contributed by atoms with Gasteiger partial charge in [-0.15, -0.1) is 0 Å². The van der Waals surface area contributed by atoms with Crippen LogP contribution in [0.25, 0.3) is 0 Å². The Balaban J connectivity index is 1.86. The second kappa shape index (κ2) is 7.05. The third-order valence-electron chi connectivity index (χ3n) is 4.42. The van der Waals surface area contributed by atoms with E-state index in [2.05, 4.69) is 0 Å². The van der Waals surface area contributed by atoms with Gasteiger partial charge in [-0.1, -0.05) is 12.1 Å². The molecule has 26 heavy (non-hydrogen) atoms. The summed E-state index contributed by atoms with van der Waals surface area (Å²) in [5.41, 5.74) is 2.02. The van der Waals surface area contributed by atoms with E-state index in [0.29, 0.717) is 17.8 Å². The molecule has 0 saturated heterocycles. The van der Waals surface area contributed by atoms with E-state index in [0.717, 1.165) is 18.7 Å². The number of benzene rings is 2. The van der Waals surface area contributed by atoms with Gasteiger partial charge in [0, 0.05) is 20.1 Å². The van der Waals surface area contributed by atoms with E-state index < -0.39 is 15.8 Å². The zero-order valence-corrected chi connectivity index (χ0v) is 15.2. The first-order valence-electron chi connectivity index (χ1n) is 8.18. The number of fused-ring (bicyclic) bond motifs is 1. The van der Waals surface area contributed by atoms with Crippen LogP contribution >= 0.6 is 0 Å². The van der Waals surface area contributed by atoms with Gasteiger partial charge in [-0.3, -0.25) is 4.79 Å². The first-order chi connectivity index (χ1) is 12.3. The van der Waals surface area contributed by atoms with Crippen molar-refractivity contribution < 1.29 is 17.6 Å². The first-order valence-corrected chi connectivity index (χ1v) is 9.73. The third kappa shape index (κ3) is 3.86. The molecule has 138 valence electrons. The van der Waals surface area contributed by atoms with Gasteiger partial charge in [0.05, 0.1) is 22.7 Å². The fourth-order valence-corrected chi connectivity index (χ4v) is 3.58. The van der Waals surface area contributed by atoms with E-state index >= 15 is 0 Å². The summed E-state index contributed by atoms with van der Waals surface area (Å²) >= 11 is 0. The summed E-state index contributed by atoms with van der Waals surface area (Å²) in [6.07, 6.45) is 0.855. The Morgan fingerprint density at radius 2 is 1.81 bits per heavy atom. The monoisotopic (exact) mass is 377 g/mol. The predicted octanol–water partition coefficient (Wildman–Crippen LogP) is 1.89. The van der Waals surface area contributed by atoms with Crippen molar-refractivity contribution in [1.82, 2.24) is 0 Å². The minimum Gasteiger partial charge on any atom is -0.373 e. The van der Waals surface area contributed by atoms with Gasteiger partial charge < -0.3 is 9.80 Å². The van der Waals surface area contributed by atoms with Gasteiger partial charge in [0.15, 0.2) is 0 Å². The zero-order chi connectivity index (χ0) is 18.9. The van der Waals surface area contributed by atoms with Gasteiger partial charge in [-0.05, 0) is 42.3 Å². The lowest BCUT2D eigenvalue weighted by atomic mass is 10.1. The molecule has 8 heteroatoms. The lowest BCUT2D eigenvalue weighted by Gasteiger charge is -2.24. The number of rotatable bonds is 3. The lowest BCUT2D eigenvalue weighted by molar-refractivity contribution is -0.118. The molecule has 2 aromatic rings. The molecule has 1 amide bonds. The molecule has 0 radical (unpaired) electrons. The van der Waals surface area contributed by atoms with E-state index in [1.54, 1.807) is 23.1 Å². The summed E-state index contributed by atoms with van der Waals surface area (Å²) in [6.45, 7) is 1.26. The molecule has 0 unspecified atom stereocenters. The number of hydrogen-bond acceptors (Lipinski definition) is 4. The number of hydrogen-bond donors (Lipinski definition) is 1. The van der Waals surface area contributed by atoms with Crippen LogP contribution in [0.15, 0.2) is 47.4 Å². The van der Waals surface area contributed by atoms with Gasteiger partial charge in [0.25, 0.3) is 0 Å². The Labute approximate surface area is 152 Å². The SMILES string of the molecule is CN1CCCN(C(=O)Cc2ccc(S(N)(=O)=O)cc2)c2cc(F)ccc21. The molecular formula is C18H20FN3O3S. The van der Waals surface area contributed by atoms with Gasteiger partial charge in [-0.25, -0.2) is 17.9 Å². The maximum absolute atomic E-state index is 13.7. The molecule has 0 aliphatic carbocycles. The molecule has 1 aliphatic heterocycles. The number of primary sulfonamides is 1. The van der Waals surface area contributed by atoms with E-state index in [4.69, 9.17) is 5.14 Å². The summed E-state index contributed by atoms with van der Waals surface area (Å²) in [6, 6.07) is 10.3. The van der Waals surface area contributed by atoms with Gasteiger partial charge in [0.2, 0.25) is 15.9 Å². The molecule has 0 saturated carbocycles. The fourth-order valence-electron chi connectivity index (χ4n) is 3.07. The van der Waals surface area contributed by atoms with Crippen LogP contribution in [0, 0.1) is 5.82 Å². The van der Waals surface area contributed by atoms with Crippen molar-refractivity contribution in [3.63, 3.8) is 0 Å². The van der Waals surface area contributed by atoms with Crippen molar-refractivity contribution in [2.75, 3.05) is 29.9 Å². The molecule has 0 spiro atoms. The predicted molar refractivity (Wildman–Crippen MR) is 98.2 cm³/mol. The molecule has 6 nitrogen and oxygen atoms in total. The Hall–Kier alpha value is -2.45. The summed E-state index contributed by atoms with van der Waals surface area (Å²) in [7, 11) is -1.85. The minimum atomic E-state index is -3.77. The molecule has 2 N–H and O–H groups in total. The Kier molecular flexibility index (Phi) is 4.97. The van der Waals surface area contributed by atoms with Crippen molar-refractivity contribution in [2.24, 2.45) is 5.14 Å². The zero-order valence-electron chi connectivity index (χ0n) is 14.4. The molecule has 0 aromatic heterocycles. The molecule has 1 heterocycles. The van der Waals surface area contributed by atoms with Crippen molar-refractivity contribution in [3.8, 4) is 0 Å². The molecule has 0 atom stereocenters. The van der Waals surface area contributed by atoms with Gasteiger partial charge in [0.1, 0.15) is 5.82 Å². The number of carbonyl (C=O) groups is 1. The van der Waals surface area contributed by atoms with E-state index in [9.17, 15) is 17.6 Å². The largest absolute Gasteiger partial charge is 0.373 e. The van der Waals surface area contributed by atoms with Crippen molar-refractivity contribution in [1.29, 1.82) is 0 Å². The highest BCUT2D eigenvalue weighted by Crippen LogP contribution is 2.32. The van der Waals surface area contributed by atoms with E-state index in [-0.39, 0.29) is 17.2 Å². The van der Waals surface area contributed by atoms with Gasteiger partial charge in [-0.2, -0.15) is 0 Å². The smallest absolute Gasteiger partial charge is 0.238 e. The van der Waals surface area contributed by atoms with Crippen molar-refractivity contribution >= 4 is 27.3 Å². The highest BCUT2D eigenvalue weighted by Gasteiger charge is 2.24. The van der Waals surface area contributed by atoms with Crippen LogP contribution in [0.3, 0.4) is 0 Å². The second-order valence-corrected chi connectivity index (χ2v) is 7.88. The minimum absolute atomic E-state index is 0.00230. The molecule has 3 rings (SSSR count). The van der Waals surface area contributed by atoms with Crippen LogP contribution in [-0.4, -0.2) is 34.5 Å². The number of nitrogens with zero attached hydrogens (tertiary/aromatic N) is 2. The topological polar surface area (TPSA) is 83.7 Å². The molecule has 1 aliphatic rings. The molecule has 0 bridgehead atoms. The molecular weight excluding hydrogens is 357 g/mol. The number of amides is 1. The number of anilines is 2. The molecule has 2 aromatic carbocycles. The van der Waals surface area contributed by atoms with Crippen LogP contribution in [0.4, 0.5) is 15.8 Å². The lowest BCUT2D eigenvalue weighted by Crippen LogP contribution is -2.33. The maximum Gasteiger partial charge on any atom is 0.238 e.